The maximum atomic E-state index is 11.4. The van der Waals surface area contributed by atoms with Crippen molar-refractivity contribution in [2.24, 2.45) is 0 Å². The summed E-state index contributed by atoms with van der Waals surface area (Å²) in [5.74, 6) is -0.381. The molecule has 0 aliphatic heterocycles. The number of anilines is 1. The highest BCUT2D eigenvalue weighted by Gasteiger charge is 2.11. The summed E-state index contributed by atoms with van der Waals surface area (Å²) in [4.78, 5) is 11.4. The molecule has 0 bridgehead atoms. The number of hydrogen-bond acceptors (Lipinski definition) is 5. The molecule has 1 amide bonds. The van der Waals surface area contributed by atoms with Gasteiger partial charge in [-0.15, -0.1) is 0 Å². The van der Waals surface area contributed by atoms with Crippen molar-refractivity contribution < 1.29 is 13.2 Å². The van der Waals surface area contributed by atoms with E-state index in [0.717, 1.165) is 6.26 Å². The topological polar surface area (TPSA) is 118 Å². The number of amides is 1. The molecule has 1 aromatic rings. The van der Waals surface area contributed by atoms with Gasteiger partial charge in [-0.05, 0) is 0 Å². The predicted molar refractivity (Wildman–Crippen MR) is 55.0 cm³/mol. The molecule has 0 atom stereocenters. The number of aromatic nitrogens is 2. The molecule has 0 saturated heterocycles. The first-order valence-electron chi connectivity index (χ1n) is 4.15. The molecule has 0 radical (unpaired) electrons. The average molecular weight is 232 g/mol. The van der Waals surface area contributed by atoms with Crippen molar-refractivity contribution in [3.8, 4) is 0 Å². The van der Waals surface area contributed by atoms with Gasteiger partial charge < -0.3 is 11.1 Å². The lowest BCUT2D eigenvalue weighted by Crippen LogP contribution is -2.29. The lowest BCUT2D eigenvalue weighted by molar-refractivity contribution is 0.0957. The Bertz CT molecular complexity index is 451. The van der Waals surface area contributed by atoms with Crippen LogP contribution in [-0.2, 0) is 9.84 Å². The van der Waals surface area contributed by atoms with Crippen molar-refractivity contribution in [1.29, 1.82) is 0 Å². The second-order valence-electron chi connectivity index (χ2n) is 3.08. The lowest BCUT2D eigenvalue weighted by Gasteiger charge is -2.02. The standard InChI is InChI=1S/C7H12N4O3S/c1-15(13,14)3-2-9-7(12)5-4-10-11-6(5)8/h4H,2-3H2,1H3,(H,9,12)(H3,8,10,11). The molecule has 0 unspecified atom stereocenters. The Hall–Kier alpha value is -1.57. The Balaban J connectivity index is 2.48. The summed E-state index contributed by atoms with van der Waals surface area (Å²) in [5, 5.41) is 8.40. The van der Waals surface area contributed by atoms with E-state index in [4.69, 9.17) is 5.73 Å². The number of nitrogens with one attached hydrogen (secondary N) is 2. The number of nitrogens with two attached hydrogens (primary N) is 1. The number of hydrogen-bond donors (Lipinski definition) is 3. The minimum atomic E-state index is -3.07. The van der Waals surface area contributed by atoms with Crippen LogP contribution >= 0.6 is 0 Å². The van der Waals surface area contributed by atoms with Gasteiger partial charge in [-0.3, -0.25) is 9.89 Å². The molecule has 0 fully saturated rings. The van der Waals surface area contributed by atoms with E-state index in [-0.39, 0.29) is 23.7 Å². The van der Waals surface area contributed by atoms with Crippen LogP contribution in [0.3, 0.4) is 0 Å². The maximum Gasteiger partial charge on any atom is 0.256 e. The van der Waals surface area contributed by atoms with Gasteiger partial charge in [0.2, 0.25) is 0 Å². The Labute approximate surface area is 87.0 Å². The first-order chi connectivity index (χ1) is 6.90. The minimum Gasteiger partial charge on any atom is -0.383 e. The zero-order valence-corrected chi connectivity index (χ0v) is 8.97. The SMILES string of the molecule is CS(=O)(=O)CCNC(=O)c1cn[nH]c1N. The monoisotopic (exact) mass is 232 g/mol. The van der Waals surface area contributed by atoms with Crippen molar-refractivity contribution in [3.05, 3.63) is 11.8 Å². The second kappa shape index (κ2) is 4.30. The average Bonchev–Trinajstić information content (AvgIpc) is 2.48. The number of H-pyrrole nitrogens is 1. The van der Waals surface area contributed by atoms with Gasteiger partial charge in [0.15, 0.2) is 0 Å². The highest BCUT2D eigenvalue weighted by molar-refractivity contribution is 7.90. The van der Waals surface area contributed by atoms with E-state index in [1.54, 1.807) is 0 Å². The van der Waals surface area contributed by atoms with Gasteiger partial charge in [0.1, 0.15) is 21.2 Å². The van der Waals surface area contributed by atoms with E-state index >= 15 is 0 Å². The maximum absolute atomic E-state index is 11.4. The van der Waals surface area contributed by atoms with Gasteiger partial charge in [-0.2, -0.15) is 5.10 Å². The first kappa shape index (κ1) is 11.5. The van der Waals surface area contributed by atoms with Gasteiger partial charge in [0.05, 0.1) is 11.9 Å². The highest BCUT2D eigenvalue weighted by Crippen LogP contribution is 2.04. The molecule has 4 N–H and O–H groups in total. The predicted octanol–water partition coefficient (Wildman–Crippen LogP) is -1.23. The lowest BCUT2D eigenvalue weighted by atomic mass is 10.3. The van der Waals surface area contributed by atoms with E-state index in [1.165, 1.54) is 6.20 Å². The molecule has 0 aliphatic rings. The Morgan fingerprint density at radius 1 is 1.67 bits per heavy atom. The molecule has 1 heterocycles. The zero-order chi connectivity index (χ0) is 11.5. The summed E-state index contributed by atoms with van der Waals surface area (Å²) in [6, 6.07) is 0. The fraction of sp³-hybridized carbons (Fsp3) is 0.429. The molecule has 84 valence electrons. The molecular formula is C7H12N4O3S. The summed E-state index contributed by atoms with van der Waals surface area (Å²) in [7, 11) is -3.07. The van der Waals surface area contributed by atoms with Crippen molar-refractivity contribution in [3.63, 3.8) is 0 Å². The number of sulfone groups is 1. The number of nitrogen functional groups attached to an aromatic ring is 1. The summed E-state index contributed by atoms with van der Waals surface area (Å²) in [6.07, 6.45) is 2.39. The normalized spacial score (nSPS) is 11.3. The van der Waals surface area contributed by atoms with Gasteiger partial charge in [0.25, 0.3) is 5.91 Å². The van der Waals surface area contributed by atoms with Crippen LogP contribution in [0.4, 0.5) is 5.82 Å². The number of carbonyl (C=O) groups excluding carboxylic acids is 1. The van der Waals surface area contributed by atoms with Crippen molar-refractivity contribution in [2.45, 2.75) is 0 Å². The van der Waals surface area contributed by atoms with Crippen LogP contribution in [0.2, 0.25) is 0 Å². The van der Waals surface area contributed by atoms with Crippen molar-refractivity contribution >= 4 is 21.6 Å². The third-order valence-corrected chi connectivity index (χ3v) is 2.62. The van der Waals surface area contributed by atoms with Crippen LogP contribution in [0.1, 0.15) is 10.4 Å². The summed E-state index contributed by atoms with van der Waals surface area (Å²) in [6.45, 7) is 0.0578. The van der Waals surface area contributed by atoms with Gasteiger partial charge in [-0.25, -0.2) is 8.42 Å². The molecule has 0 saturated carbocycles. The smallest absolute Gasteiger partial charge is 0.256 e. The van der Waals surface area contributed by atoms with E-state index in [0.29, 0.717) is 0 Å². The number of carbonyl (C=O) groups is 1. The third-order valence-electron chi connectivity index (χ3n) is 1.67. The number of nitrogens with zero attached hydrogens (tertiary/aromatic N) is 1. The van der Waals surface area contributed by atoms with Crippen molar-refractivity contribution in [2.75, 3.05) is 24.3 Å². The Kier molecular flexibility index (Phi) is 3.30. The van der Waals surface area contributed by atoms with Crippen LogP contribution in [0.5, 0.6) is 0 Å². The molecule has 1 aromatic heterocycles. The van der Waals surface area contributed by atoms with Gasteiger partial charge in [-0.1, -0.05) is 0 Å². The Morgan fingerprint density at radius 3 is 2.80 bits per heavy atom. The third kappa shape index (κ3) is 3.58. The van der Waals surface area contributed by atoms with Crippen molar-refractivity contribution in [1.82, 2.24) is 15.5 Å². The fourth-order valence-corrected chi connectivity index (χ4v) is 1.40. The molecule has 7 nitrogen and oxygen atoms in total. The van der Waals surface area contributed by atoms with Crippen LogP contribution in [0, 0.1) is 0 Å². The molecule has 15 heavy (non-hydrogen) atoms. The molecule has 1 rings (SSSR count). The van der Waals surface area contributed by atoms with Crippen LogP contribution in [0.15, 0.2) is 6.20 Å². The van der Waals surface area contributed by atoms with E-state index < -0.39 is 15.7 Å². The molecule has 0 spiro atoms. The van der Waals surface area contributed by atoms with Gasteiger partial charge in [0, 0.05) is 12.8 Å². The Morgan fingerprint density at radius 2 is 2.33 bits per heavy atom. The first-order valence-corrected chi connectivity index (χ1v) is 6.21. The summed E-state index contributed by atoms with van der Waals surface area (Å²) < 4.78 is 21.5. The molecule has 0 aromatic carbocycles. The van der Waals surface area contributed by atoms with Crippen LogP contribution in [-0.4, -0.2) is 43.1 Å². The largest absolute Gasteiger partial charge is 0.383 e. The molecular weight excluding hydrogens is 220 g/mol. The van der Waals surface area contributed by atoms with Crippen LogP contribution in [0.25, 0.3) is 0 Å². The molecule has 8 heteroatoms. The highest BCUT2D eigenvalue weighted by atomic mass is 32.2. The minimum absolute atomic E-state index is 0.0578. The van der Waals surface area contributed by atoms with Crippen LogP contribution < -0.4 is 11.1 Å². The van der Waals surface area contributed by atoms with E-state index in [9.17, 15) is 13.2 Å². The second-order valence-corrected chi connectivity index (χ2v) is 5.34. The quantitative estimate of drug-likeness (QED) is 0.600. The molecule has 0 aliphatic carbocycles. The van der Waals surface area contributed by atoms with E-state index in [1.807, 2.05) is 0 Å². The fourth-order valence-electron chi connectivity index (χ4n) is 0.922. The zero-order valence-electron chi connectivity index (χ0n) is 8.15. The van der Waals surface area contributed by atoms with Gasteiger partial charge >= 0.3 is 0 Å². The number of aromatic amines is 1. The summed E-state index contributed by atoms with van der Waals surface area (Å²) in [5.41, 5.74) is 5.61. The van der Waals surface area contributed by atoms with E-state index in [2.05, 4.69) is 15.5 Å². The summed E-state index contributed by atoms with van der Waals surface area (Å²) >= 11 is 0. The number of rotatable bonds is 4.